The van der Waals surface area contributed by atoms with Gasteiger partial charge in [-0.2, -0.15) is 0 Å². The van der Waals surface area contributed by atoms with Crippen LogP contribution in [0.1, 0.15) is 29.6 Å². The zero-order chi connectivity index (χ0) is 17.4. The Hall–Kier alpha value is -2.24. The molecule has 4 atom stereocenters. The Morgan fingerprint density at radius 2 is 1.92 bits per heavy atom. The van der Waals surface area contributed by atoms with Crippen LogP contribution in [0, 0.1) is 0 Å². The molecule has 2 amide bonds. The van der Waals surface area contributed by atoms with Crippen LogP contribution in [0.2, 0.25) is 5.02 Å². The molecule has 0 spiro atoms. The number of aliphatic hydroxyl groups excluding tert-OH is 1. The minimum Gasteiger partial charge on any atom is -0.491 e. The van der Waals surface area contributed by atoms with E-state index >= 15 is 0 Å². The van der Waals surface area contributed by atoms with E-state index in [1.807, 2.05) is 48.5 Å². The molecule has 2 aliphatic rings. The smallest absolute Gasteiger partial charge is 0.315 e. The highest BCUT2D eigenvalue weighted by molar-refractivity contribution is 6.30. The fourth-order valence-electron chi connectivity index (χ4n) is 3.30. The van der Waals surface area contributed by atoms with Crippen LogP contribution in [0.3, 0.4) is 0 Å². The summed E-state index contributed by atoms with van der Waals surface area (Å²) in [4.78, 5) is 12.2. The van der Waals surface area contributed by atoms with E-state index in [-0.39, 0.29) is 24.6 Å². The highest BCUT2D eigenvalue weighted by atomic mass is 35.5. The van der Waals surface area contributed by atoms with Crippen molar-refractivity contribution >= 4 is 17.6 Å². The zero-order valence-corrected chi connectivity index (χ0v) is 14.2. The molecule has 4 rings (SSSR count). The van der Waals surface area contributed by atoms with E-state index in [2.05, 4.69) is 10.6 Å². The van der Waals surface area contributed by atoms with Gasteiger partial charge in [-0.1, -0.05) is 41.9 Å². The summed E-state index contributed by atoms with van der Waals surface area (Å²) in [6.07, 6.45) is 0.110. The quantitative estimate of drug-likeness (QED) is 0.790. The van der Waals surface area contributed by atoms with E-state index in [0.29, 0.717) is 16.3 Å². The molecule has 3 N–H and O–H groups in total. The van der Waals surface area contributed by atoms with Gasteiger partial charge in [0.25, 0.3) is 0 Å². The van der Waals surface area contributed by atoms with Gasteiger partial charge in [-0.3, -0.25) is 0 Å². The van der Waals surface area contributed by atoms with E-state index in [0.717, 1.165) is 12.0 Å². The van der Waals surface area contributed by atoms with Crippen molar-refractivity contribution in [3.63, 3.8) is 0 Å². The van der Waals surface area contributed by atoms with Crippen molar-refractivity contribution in [2.24, 2.45) is 0 Å². The van der Waals surface area contributed by atoms with Gasteiger partial charge >= 0.3 is 6.03 Å². The fourth-order valence-corrected chi connectivity index (χ4v) is 3.50. The van der Waals surface area contributed by atoms with Gasteiger partial charge in [-0.15, -0.1) is 0 Å². The number of carbonyl (C=O) groups is 1. The van der Waals surface area contributed by atoms with Crippen LogP contribution in [-0.4, -0.2) is 29.8 Å². The maximum absolute atomic E-state index is 12.2. The van der Waals surface area contributed by atoms with Gasteiger partial charge in [0, 0.05) is 22.5 Å². The Balaban J connectivity index is 1.33. The van der Waals surface area contributed by atoms with Gasteiger partial charge in [-0.25, -0.2) is 4.79 Å². The molecule has 1 aliphatic carbocycles. The molecule has 25 heavy (non-hydrogen) atoms. The normalized spacial score (nSPS) is 27.0. The molecule has 2 aromatic carbocycles. The predicted molar refractivity (Wildman–Crippen MR) is 95.0 cm³/mol. The minimum atomic E-state index is -0.779. The van der Waals surface area contributed by atoms with E-state index in [1.165, 1.54) is 0 Å². The predicted octanol–water partition coefficient (Wildman–Crippen LogP) is 2.99. The number of benzene rings is 2. The van der Waals surface area contributed by atoms with Gasteiger partial charge in [-0.05, 0) is 30.2 Å². The molecular formula is C19H19ClN2O3. The van der Waals surface area contributed by atoms with Crippen molar-refractivity contribution in [1.82, 2.24) is 10.6 Å². The summed E-state index contributed by atoms with van der Waals surface area (Å²) < 4.78 is 5.61. The first kappa shape index (κ1) is 16.2. The van der Waals surface area contributed by atoms with Crippen molar-refractivity contribution in [2.75, 3.05) is 6.61 Å². The number of amides is 2. The first-order valence-corrected chi connectivity index (χ1v) is 8.72. The van der Waals surface area contributed by atoms with Gasteiger partial charge < -0.3 is 20.5 Å². The molecule has 6 heteroatoms. The zero-order valence-electron chi connectivity index (χ0n) is 13.5. The van der Waals surface area contributed by atoms with E-state index in [1.54, 1.807) is 0 Å². The lowest BCUT2D eigenvalue weighted by atomic mass is 9.99. The average Bonchev–Trinajstić information content (AvgIpc) is 3.37. The Bertz CT molecular complexity index is 798. The molecule has 0 unspecified atom stereocenters. The maximum atomic E-state index is 12.2. The molecule has 1 aliphatic heterocycles. The number of hydrogen-bond donors (Lipinski definition) is 3. The van der Waals surface area contributed by atoms with Crippen LogP contribution in [-0.2, 0) is 0 Å². The first-order chi connectivity index (χ1) is 12.1. The number of hydrogen-bond acceptors (Lipinski definition) is 3. The average molecular weight is 359 g/mol. The number of carbonyl (C=O) groups excluding carboxylic acids is 1. The largest absolute Gasteiger partial charge is 0.491 e. The number of rotatable bonds is 3. The third-order valence-corrected chi connectivity index (χ3v) is 4.97. The maximum Gasteiger partial charge on any atom is 0.315 e. The molecule has 1 heterocycles. The Kier molecular flexibility index (Phi) is 4.27. The molecule has 2 aromatic rings. The third kappa shape index (κ3) is 3.43. The Labute approximate surface area is 151 Å². The number of para-hydroxylation sites is 1. The summed E-state index contributed by atoms with van der Waals surface area (Å²) in [5, 5.41) is 16.9. The number of aliphatic hydroxyl groups is 1. The first-order valence-electron chi connectivity index (χ1n) is 8.34. The van der Waals surface area contributed by atoms with Gasteiger partial charge in [0.05, 0.1) is 6.04 Å². The number of urea groups is 1. The van der Waals surface area contributed by atoms with Gasteiger partial charge in [0.15, 0.2) is 0 Å². The monoisotopic (exact) mass is 358 g/mol. The third-order valence-electron chi connectivity index (χ3n) is 4.74. The second-order valence-electron chi connectivity index (χ2n) is 6.52. The lowest BCUT2D eigenvalue weighted by molar-refractivity contribution is 0.0774. The van der Waals surface area contributed by atoms with E-state index in [9.17, 15) is 9.90 Å². The molecule has 130 valence electrons. The molecule has 0 saturated heterocycles. The van der Waals surface area contributed by atoms with Crippen LogP contribution in [0.25, 0.3) is 0 Å². The minimum absolute atomic E-state index is 0.0902. The van der Waals surface area contributed by atoms with Crippen molar-refractivity contribution < 1.29 is 14.6 Å². The summed E-state index contributed by atoms with van der Waals surface area (Å²) in [6, 6.07) is 14.4. The number of fused-ring (bicyclic) bond motifs is 1. The summed E-state index contributed by atoms with van der Waals surface area (Å²) in [6.45, 7) is 0.244. The standard InChI is InChI=1S/C19H19ClN2O3/c20-12-5-3-4-11(8-12)14-9-15(14)21-19(24)22-16-10-25-17-7-2-1-6-13(17)18(16)23/h1-8,14-16,18,23H,9-10H2,(H2,21,22,24)/t14-,15+,16-,18-/m0/s1. The van der Waals surface area contributed by atoms with Crippen molar-refractivity contribution in [1.29, 1.82) is 0 Å². The fraction of sp³-hybridized carbons (Fsp3) is 0.316. The number of nitrogens with one attached hydrogen (secondary N) is 2. The van der Waals surface area contributed by atoms with Gasteiger partial charge in [0.1, 0.15) is 18.5 Å². The highest BCUT2D eigenvalue weighted by Crippen LogP contribution is 2.41. The molecule has 1 fully saturated rings. The van der Waals surface area contributed by atoms with Crippen molar-refractivity contribution in [3.8, 4) is 5.75 Å². The van der Waals surface area contributed by atoms with Gasteiger partial charge in [0.2, 0.25) is 0 Å². The molecule has 1 saturated carbocycles. The van der Waals surface area contributed by atoms with Crippen molar-refractivity contribution in [2.45, 2.75) is 30.5 Å². The van der Waals surface area contributed by atoms with E-state index < -0.39 is 12.1 Å². The summed E-state index contributed by atoms with van der Waals surface area (Å²) >= 11 is 6.01. The van der Waals surface area contributed by atoms with Crippen LogP contribution < -0.4 is 15.4 Å². The Morgan fingerprint density at radius 3 is 2.76 bits per heavy atom. The molecule has 0 radical (unpaired) electrons. The lowest BCUT2D eigenvalue weighted by Gasteiger charge is -2.30. The number of halogens is 1. The second kappa shape index (κ2) is 6.58. The lowest BCUT2D eigenvalue weighted by Crippen LogP contribution is -2.49. The summed E-state index contributed by atoms with van der Waals surface area (Å²) in [7, 11) is 0. The van der Waals surface area contributed by atoms with Crippen LogP contribution in [0.4, 0.5) is 4.79 Å². The van der Waals surface area contributed by atoms with Crippen LogP contribution in [0.5, 0.6) is 5.75 Å². The molecular weight excluding hydrogens is 340 g/mol. The molecule has 5 nitrogen and oxygen atoms in total. The topological polar surface area (TPSA) is 70.6 Å². The Morgan fingerprint density at radius 1 is 1.12 bits per heavy atom. The highest BCUT2D eigenvalue weighted by Gasteiger charge is 2.40. The van der Waals surface area contributed by atoms with Crippen LogP contribution in [0.15, 0.2) is 48.5 Å². The number of ether oxygens (including phenoxy) is 1. The molecule has 0 bridgehead atoms. The van der Waals surface area contributed by atoms with Crippen molar-refractivity contribution in [3.05, 3.63) is 64.7 Å². The summed E-state index contributed by atoms with van der Waals surface area (Å²) in [5.74, 6) is 0.953. The summed E-state index contributed by atoms with van der Waals surface area (Å²) in [5.41, 5.74) is 1.83. The second-order valence-corrected chi connectivity index (χ2v) is 6.96. The molecule has 0 aromatic heterocycles. The van der Waals surface area contributed by atoms with Crippen LogP contribution >= 0.6 is 11.6 Å². The van der Waals surface area contributed by atoms with E-state index in [4.69, 9.17) is 16.3 Å². The SMILES string of the molecule is O=C(N[C@H]1COc2ccccc2[C@@H]1O)N[C@@H]1C[C@H]1c1cccc(Cl)c1.